The molecule has 2 amide bonds. The van der Waals surface area contributed by atoms with E-state index in [9.17, 15) is 27.6 Å². The van der Waals surface area contributed by atoms with E-state index in [2.05, 4.69) is 31.2 Å². The first-order valence-electron chi connectivity index (χ1n) is 13.9. The summed E-state index contributed by atoms with van der Waals surface area (Å²) in [6, 6.07) is 16.9. The Morgan fingerprint density at radius 3 is 2.51 bits per heavy atom. The molecule has 1 fully saturated rings. The van der Waals surface area contributed by atoms with Gasteiger partial charge in [0.15, 0.2) is 11.0 Å². The Bertz CT molecular complexity index is 1730. The number of rotatable bonds is 7. The van der Waals surface area contributed by atoms with Crippen molar-refractivity contribution < 1.29 is 27.1 Å². The number of alkyl halides is 3. The number of hydrogen-bond acceptors (Lipinski definition) is 6. The maximum atomic E-state index is 14.0. The van der Waals surface area contributed by atoms with Gasteiger partial charge in [-0.1, -0.05) is 49.9 Å². The van der Waals surface area contributed by atoms with E-state index in [0.29, 0.717) is 34.4 Å². The van der Waals surface area contributed by atoms with Crippen LogP contribution in [0.15, 0.2) is 78.0 Å². The van der Waals surface area contributed by atoms with Crippen molar-refractivity contribution in [1.29, 1.82) is 5.26 Å². The third-order valence-corrected chi connectivity index (χ3v) is 7.88. The first-order chi connectivity index (χ1) is 21.5. The number of carbonyl (C=O) groups excluding carboxylic acids is 1. The van der Waals surface area contributed by atoms with Crippen molar-refractivity contribution in [2.75, 3.05) is 17.2 Å². The molecule has 1 N–H and O–H groups in total. The number of ether oxygens (including phenoxy) is 1. The number of aromatic nitrogens is 3. The van der Waals surface area contributed by atoms with Gasteiger partial charge in [-0.05, 0) is 65.9 Å². The number of urea groups is 1. The number of thioether (sulfide) groups is 1. The average Bonchev–Trinajstić information content (AvgIpc) is 3.50. The molecule has 1 atom stereocenters. The summed E-state index contributed by atoms with van der Waals surface area (Å²) in [4.78, 5) is 23.4. The van der Waals surface area contributed by atoms with Gasteiger partial charge < -0.3 is 15.0 Å². The minimum atomic E-state index is -4.78. The number of anilines is 1. The van der Waals surface area contributed by atoms with Crippen LogP contribution in [0, 0.1) is 17.1 Å². The Hall–Kier alpha value is -4.90. The molecule has 0 radical (unpaired) electrons. The monoisotopic (exact) mass is 637 g/mol. The van der Waals surface area contributed by atoms with Gasteiger partial charge >= 0.3 is 12.4 Å². The normalized spacial score (nSPS) is 15.2. The van der Waals surface area contributed by atoms with E-state index in [0.717, 1.165) is 23.4 Å². The molecular formula is C31H27F4N7O2S. The molecule has 0 spiro atoms. The van der Waals surface area contributed by atoms with Gasteiger partial charge in [0.2, 0.25) is 0 Å². The number of carbonyl (C=O) groups is 1. The molecule has 1 aromatic heterocycles. The molecule has 14 heteroatoms. The molecule has 5 rings (SSSR count). The number of nitriles is 1. The summed E-state index contributed by atoms with van der Waals surface area (Å²) in [7, 11) is 0. The Kier molecular flexibility index (Phi) is 9.38. The zero-order chi connectivity index (χ0) is 32.1. The molecule has 1 aliphatic heterocycles. The van der Waals surface area contributed by atoms with Crippen LogP contribution in [-0.4, -0.2) is 44.6 Å². The molecule has 4 aromatic rings. The van der Waals surface area contributed by atoms with Crippen LogP contribution in [-0.2, 0) is 0 Å². The molecular weight excluding hydrogens is 610 g/mol. The highest BCUT2D eigenvalue weighted by molar-refractivity contribution is 8.14. The maximum absolute atomic E-state index is 14.0. The van der Waals surface area contributed by atoms with Gasteiger partial charge in [0.05, 0.1) is 11.8 Å². The molecule has 1 unspecified atom stereocenters. The highest BCUT2D eigenvalue weighted by atomic mass is 32.2. The number of halogens is 4. The van der Waals surface area contributed by atoms with E-state index in [-0.39, 0.29) is 17.5 Å². The molecule has 232 valence electrons. The molecule has 0 aliphatic carbocycles. The van der Waals surface area contributed by atoms with Crippen molar-refractivity contribution in [2.24, 2.45) is 4.99 Å². The quantitative estimate of drug-likeness (QED) is 0.211. The predicted molar refractivity (Wildman–Crippen MR) is 163 cm³/mol. The van der Waals surface area contributed by atoms with E-state index >= 15 is 0 Å². The molecule has 1 saturated heterocycles. The Morgan fingerprint density at radius 2 is 1.84 bits per heavy atom. The topological polar surface area (TPSA) is 108 Å². The number of nitrogens with one attached hydrogen (secondary N) is 1. The van der Waals surface area contributed by atoms with Crippen molar-refractivity contribution in [3.05, 3.63) is 90.0 Å². The lowest BCUT2D eigenvalue weighted by Gasteiger charge is -2.32. The third-order valence-electron chi connectivity index (χ3n) is 6.81. The number of hydrogen-bond donors (Lipinski definition) is 1. The van der Waals surface area contributed by atoms with Crippen LogP contribution in [0.3, 0.4) is 0 Å². The second-order valence-corrected chi connectivity index (χ2v) is 11.4. The van der Waals surface area contributed by atoms with E-state index in [1.165, 1.54) is 59.2 Å². The van der Waals surface area contributed by atoms with Crippen LogP contribution < -0.4 is 15.0 Å². The van der Waals surface area contributed by atoms with Crippen molar-refractivity contribution in [3.8, 4) is 28.9 Å². The third kappa shape index (κ3) is 7.79. The highest BCUT2D eigenvalue weighted by Gasteiger charge is 2.31. The number of aliphatic imine (C=N–C) groups is 1. The Labute approximate surface area is 260 Å². The molecule has 1 aliphatic rings. The van der Waals surface area contributed by atoms with Crippen LogP contribution in [0.4, 0.5) is 28.0 Å². The fourth-order valence-electron chi connectivity index (χ4n) is 4.69. The fourth-order valence-corrected chi connectivity index (χ4v) is 5.64. The SMILES string of the molecule is CC(C)c1cc(F)ccc1N1CCCSC1=NC(=O)NC(C#N)c1ccc(-c2ncn(-c3ccc(OC(F)(F)F)cc3)n2)cc1. The first kappa shape index (κ1) is 31.5. The van der Waals surface area contributed by atoms with Crippen molar-refractivity contribution >= 4 is 28.6 Å². The lowest BCUT2D eigenvalue weighted by atomic mass is 10.00. The fraction of sp³-hybridized carbons (Fsp3) is 0.258. The van der Waals surface area contributed by atoms with Crippen molar-refractivity contribution in [3.63, 3.8) is 0 Å². The summed E-state index contributed by atoms with van der Waals surface area (Å²) in [5, 5.41) is 17.3. The zero-order valence-electron chi connectivity index (χ0n) is 24.1. The smallest absolute Gasteiger partial charge is 0.406 e. The van der Waals surface area contributed by atoms with Crippen LogP contribution in [0.5, 0.6) is 5.75 Å². The Morgan fingerprint density at radius 1 is 1.11 bits per heavy atom. The van der Waals surface area contributed by atoms with Crippen LogP contribution in [0.25, 0.3) is 17.1 Å². The second kappa shape index (κ2) is 13.4. The molecule has 3 aromatic carbocycles. The van der Waals surface area contributed by atoms with Gasteiger partial charge in [-0.2, -0.15) is 10.3 Å². The highest BCUT2D eigenvalue weighted by Crippen LogP contribution is 2.33. The van der Waals surface area contributed by atoms with Crippen LogP contribution >= 0.6 is 11.8 Å². The van der Waals surface area contributed by atoms with Gasteiger partial charge in [-0.15, -0.1) is 18.3 Å². The zero-order valence-corrected chi connectivity index (χ0v) is 24.9. The average molecular weight is 638 g/mol. The number of amidine groups is 1. The summed E-state index contributed by atoms with van der Waals surface area (Å²) in [6.45, 7) is 4.57. The predicted octanol–water partition coefficient (Wildman–Crippen LogP) is 7.37. The van der Waals surface area contributed by atoms with Gasteiger partial charge in [0, 0.05) is 23.5 Å². The number of amides is 2. The van der Waals surface area contributed by atoms with Gasteiger partial charge in [-0.3, -0.25) is 0 Å². The minimum Gasteiger partial charge on any atom is -0.406 e. The standard InChI is InChI=1S/C31H27F4N7O2S/c1-19(2)25-16-22(32)8-13-27(25)41-14-3-15-45-30(41)39-29(43)38-26(17-36)20-4-6-21(7-5-20)28-37-18-42(40-28)23-9-11-24(12-10-23)44-31(33,34)35/h4-13,16,18-19,26H,3,14-15H2,1-2H3,(H,38,43). The van der Waals surface area contributed by atoms with Gasteiger partial charge in [-0.25, -0.2) is 18.9 Å². The van der Waals surface area contributed by atoms with Crippen molar-refractivity contribution in [2.45, 2.75) is 38.6 Å². The maximum Gasteiger partial charge on any atom is 0.573 e. The van der Waals surface area contributed by atoms with Crippen molar-refractivity contribution in [1.82, 2.24) is 20.1 Å². The summed E-state index contributed by atoms with van der Waals surface area (Å²) in [5.41, 5.74) is 3.22. The summed E-state index contributed by atoms with van der Waals surface area (Å²) < 4.78 is 56.6. The summed E-state index contributed by atoms with van der Waals surface area (Å²) in [6.07, 6.45) is -2.50. The summed E-state index contributed by atoms with van der Waals surface area (Å²) in [5.74, 6) is 0.489. The Balaban J connectivity index is 1.27. The van der Waals surface area contributed by atoms with Gasteiger partial charge in [0.25, 0.3) is 0 Å². The first-order valence-corrected chi connectivity index (χ1v) is 14.9. The van der Waals surface area contributed by atoms with E-state index in [1.807, 2.05) is 18.7 Å². The van der Waals surface area contributed by atoms with E-state index in [4.69, 9.17) is 0 Å². The summed E-state index contributed by atoms with van der Waals surface area (Å²) >= 11 is 1.42. The largest absolute Gasteiger partial charge is 0.573 e. The molecule has 2 heterocycles. The van der Waals surface area contributed by atoms with Gasteiger partial charge in [0.1, 0.15) is 23.9 Å². The molecule has 0 saturated carbocycles. The number of nitrogens with zero attached hydrogens (tertiary/aromatic N) is 6. The minimum absolute atomic E-state index is 0.0564. The van der Waals surface area contributed by atoms with Crippen LogP contribution in [0.1, 0.15) is 43.4 Å². The second-order valence-electron chi connectivity index (χ2n) is 10.3. The van der Waals surface area contributed by atoms with E-state index < -0.39 is 18.4 Å². The van der Waals surface area contributed by atoms with Crippen LogP contribution in [0.2, 0.25) is 0 Å². The molecule has 9 nitrogen and oxygen atoms in total. The molecule has 45 heavy (non-hydrogen) atoms. The lowest BCUT2D eigenvalue weighted by molar-refractivity contribution is -0.274. The molecule has 0 bridgehead atoms. The van der Waals surface area contributed by atoms with E-state index in [1.54, 1.807) is 30.3 Å². The number of benzene rings is 3. The lowest BCUT2D eigenvalue weighted by Crippen LogP contribution is -2.37.